The van der Waals surface area contributed by atoms with Crippen LogP contribution in [0.15, 0.2) is 18.2 Å². The molecular formula is C12H14ClFO2. The minimum atomic E-state index is -0.831. The Morgan fingerprint density at radius 2 is 2.25 bits per heavy atom. The van der Waals surface area contributed by atoms with Gasteiger partial charge in [-0.1, -0.05) is 31.0 Å². The molecule has 1 unspecified atom stereocenters. The van der Waals surface area contributed by atoms with Crippen molar-refractivity contribution in [3.63, 3.8) is 0 Å². The average molecular weight is 245 g/mol. The largest absolute Gasteiger partial charge is 0.481 e. The maximum atomic E-state index is 12.8. The van der Waals surface area contributed by atoms with Crippen LogP contribution in [-0.2, 0) is 11.2 Å². The summed E-state index contributed by atoms with van der Waals surface area (Å²) in [7, 11) is 0. The Bertz CT molecular complexity index is 379. The van der Waals surface area contributed by atoms with Crippen LogP contribution in [0, 0.1) is 11.7 Å². The highest BCUT2D eigenvalue weighted by Crippen LogP contribution is 2.22. The van der Waals surface area contributed by atoms with Gasteiger partial charge in [0.25, 0.3) is 0 Å². The zero-order valence-electron chi connectivity index (χ0n) is 9.04. The Hall–Kier alpha value is -1.09. The number of rotatable bonds is 5. The molecule has 1 aromatic rings. The fraction of sp³-hybridized carbons (Fsp3) is 0.417. The summed E-state index contributed by atoms with van der Waals surface area (Å²) in [5.74, 6) is -1.69. The Kier molecular flexibility index (Phi) is 4.74. The number of halogens is 2. The van der Waals surface area contributed by atoms with E-state index in [1.165, 1.54) is 12.1 Å². The average Bonchev–Trinajstić information content (AvgIpc) is 2.20. The molecule has 0 heterocycles. The molecule has 0 radical (unpaired) electrons. The van der Waals surface area contributed by atoms with Gasteiger partial charge < -0.3 is 5.11 Å². The number of benzene rings is 1. The van der Waals surface area contributed by atoms with Crippen LogP contribution in [0.25, 0.3) is 0 Å². The van der Waals surface area contributed by atoms with Gasteiger partial charge in [0.2, 0.25) is 0 Å². The van der Waals surface area contributed by atoms with Crippen LogP contribution in [0.3, 0.4) is 0 Å². The second kappa shape index (κ2) is 5.85. The molecule has 0 amide bonds. The fourth-order valence-electron chi connectivity index (χ4n) is 1.61. The van der Waals surface area contributed by atoms with E-state index in [0.29, 0.717) is 23.4 Å². The summed E-state index contributed by atoms with van der Waals surface area (Å²) >= 11 is 5.85. The van der Waals surface area contributed by atoms with Gasteiger partial charge in [0, 0.05) is 5.02 Å². The standard InChI is InChI=1S/C12H14ClFO2/c1-2-3-9(12(15)16)6-8-4-5-10(14)7-11(8)13/h4-5,7,9H,2-3,6H2,1H3,(H,15,16). The van der Waals surface area contributed by atoms with E-state index < -0.39 is 17.7 Å². The van der Waals surface area contributed by atoms with Gasteiger partial charge >= 0.3 is 5.97 Å². The van der Waals surface area contributed by atoms with Crippen molar-refractivity contribution in [2.24, 2.45) is 5.92 Å². The second-order valence-corrected chi connectivity index (χ2v) is 4.17. The summed E-state index contributed by atoms with van der Waals surface area (Å²) in [5, 5.41) is 9.29. The van der Waals surface area contributed by atoms with E-state index >= 15 is 0 Å². The van der Waals surface area contributed by atoms with E-state index in [-0.39, 0.29) is 0 Å². The molecule has 0 aliphatic rings. The molecule has 1 atom stereocenters. The summed E-state index contributed by atoms with van der Waals surface area (Å²) in [6, 6.07) is 4.05. The third kappa shape index (κ3) is 3.49. The van der Waals surface area contributed by atoms with Gasteiger partial charge in [0.05, 0.1) is 5.92 Å². The van der Waals surface area contributed by atoms with Crippen molar-refractivity contribution in [1.29, 1.82) is 0 Å². The Balaban J connectivity index is 2.81. The lowest BCUT2D eigenvalue weighted by Gasteiger charge is -2.12. The smallest absolute Gasteiger partial charge is 0.306 e. The first-order chi connectivity index (χ1) is 7.54. The van der Waals surface area contributed by atoms with Crippen LogP contribution in [0.4, 0.5) is 4.39 Å². The van der Waals surface area contributed by atoms with Crippen molar-refractivity contribution in [1.82, 2.24) is 0 Å². The van der Waals surface area contributed by atoms with Crippen molar-refractivity contribution in [2.45, 2.75) is 26.2 Å². The van der Waals surface area contributed by atoms with Gasteiger partial charge in [0.1, 0.15) is 5.82 Å². The highest BCUT2D eigenvalue weighted by atomic mass is 35.5. The van der Waals surface area contributed by atoms with Crippen LogP contribution in [0.2, 0.25) is 5.02 Å². The van der Waals surface area contributed by atoms with Gasteiger partial charge in [-0.15, -0.1) is 0 Å². The number of carbonyl (C=O) groups is 1. The third-order valence-corrected chi connectivity index (χ3v) is 2.82. The summed E-state index contributed by atoms with van der Waals surface area (Å²) in [4.78, 5) is 11.0. The van der Waals surface area contributed by atoms with E-state index in [0.717, 1.165) is 6.42 Å². The molecule has 0 fully saturated rings. The van der Waals surface area contributed by atoms with Crippen LogP contribution in [-0.4, -0.2) is 11.1 Å². The molecule has 0 saturated carbocycles. The number of aliphatic carboxylic acids is 1. The first-order valence-corrected chi connectivity index (χ1v) is 5.59. The highest BCUT2D eigenvalue weighted by molar-refractivity contribution is 6.31. The predicted octanol–water partition coefficient (Wildman–Crippen LogP) is 3.52. The zero-order valence-corrected chi connectivity index (χ0v) is 9.80. The molecule has 16 heavy (non-hydrogen) atoms. The van der Waals surface area contributed by atoms with E-state index in [1.54, 1.807) is 6.07 Å². The first-order valence-electron chi connectivity index (χ1n) is 5.21. The summed E-state index contributed by atoms with van der Waals surface area (Å²) in [5.41, 5.74) is 0.684. The van der Waals surface area contributed by atoms with Crippen molar-refractivity contribution < 1.29 is 14.3 Å². The molecule has 0 aromatic heterocycles. The lowest BCUT2D eigenvalue weighted by Crippen LogP contribution is -2.16. The third-order valence-electron chi connectivity index (χ3n) is 2.47. The highest BCUT2D eigenvalue weighted by Gasteiger charge is 2.18. The number of hydrogen-bond donors (Lipinski definition) is 1. The minimum absolute atomic E-state index is 0.294. The Morgan fingerprint density at radius 1 is 1.56 bits per heavy atom. The van der Waals surface area contributed by atoms with Crippen LogP contribution >= 0.6 is 11.6 Å². The van der Waals surface area contributed by atoms with Crippen molar-refractivity contribution in [2.75, 3.05) is 0 Å². The summed E-state index contributed by atoms with van der Waals surface area (Å²) in [6.45, 7) is 1.93. The maximum absolute atomic E-state index is 12.8. The minimum Gasteiger partial charge on any atom is -0.481 e. The lowest BCUT2D eigenvalue weighted by atomic mass is 9.95. The first kappa shape index (κ1) is 13.0. The monoisotopic (exact) mass is 244 g/mol. The number of carboxylic acid groups (broad SMARTS) is 1. The van der Waals surface area contributed by atoms with Crippen LogP contribution in [0.5, 0.6) is 0 Å². The molecule has 0 aliphatic carbocycles. The molecular weight excluding hydrogens is 231 g/mol. The molecule has 1 rings (SSSR count). The molecule has 88 valence electrons. The van der Waals surface area contributed by atoms with Crippen molar-refractivity contribution in [3.05, 3.63) is 34.6 Å². The zero-order chi connectivity index (χ0) is 12.1. The van der Waals surface area contributed by atoms with E-state index in [1.807, 2.05) is 6.92 Å². The Labute approximate surface area is 99.0 Å². The van der Waals surface area contributed by atoms with Gasteiger partial charge in [-0.25, -0.2) is 4.39 Å². The molecule has 1 N–H and O–H groups in total. The molecule has 2 nitrogen and oxygen atoms in total. The van der Waals surface area contributed by atoms with Gasteiger partial charge in [-0.3, -0.25) is 4.79 Å². The van der Waals surface area contributed by atoms with Gasteiger partial charge in [-0.2, -0.15) is 0 Å². The van der Waals surface area contributed by atoms with E-state index in [9.17, 15) is 9.18 Å². The van der Waals surface area contributed by atoms with Crippen molar-refractivity contribution >= 4 is 17.6 Å². The van der Waals surface area contributed by atoms with E-state index in [4.69, 9.17) is 16.7 Å². The second-order valence-electron chi connectivity index (χ2n) is 3.76. The normalized spacial score (nSPS) is 12.4. The number of hydrogen-bond acceptors (Lipinski definition) is 1. The quantitative estimate of drug-likeness (QED) is 0.861. The lowest BCUT2D eigenvalue weighted by molar-refractivity contribution is -0.141. The Morgan fingerprint density at radius 3 is 2.75 bits per heavy atom. The summed E-state index contributed by atoms with van der Waals surface area (Å²) in [6.07, 6.45) is 1.75. The number of carboxylic acids is 1. The predicted molar refractivity (Wildman–Crippen MR) is 61.1 cm³/mol. The van der Waals surface area contributed by atoms with E-state index in [2.05, 4.69) is 0 Å². The fourth-order valence-corrected chi connectivity index (χ4v) is 1.86. The van der Waals surface area contributed by atoms with Crippen molar-refractivity contribution in [3.8, 4) is 0 Å². The SMILES string of the molecule is CCCC(Cc1ccc(F)cc1Cl)C(=O)O. The maximum Gasteiger partial charge on any atom is 0.306 e. The molecule has 0 spiro atoms. The topological polar surface area (TPSA) is 37.3 Å². The molecule has 0 saturated heterocycles. The molecule has 0 bridgehead atoms. The molecule has 1 aromatic carbocycles. The van der Waals surface area contributed by atoms with Gasteiger partial charge in [0.15, 0.2) is 0 Å². The van der Waals surface area contributed by atoms with Crippen LogP contribution < -0.4 is 0 Å². The molecule has 4 heteroatoms. The van der Waals surface area contributed by atoms with Crippen LogP contribution in [0.1, 0.15) is 25.3 Å². The summed E-state index contributed by atoms with van der Waals surface area (Å²) < 4.78 is 12.8. The van der Waals surface area contributed by atoms with Gasteiger partial charge in [-0.05, 0) is 30.5 Å². The molecule has 0 aliphatic heterocycles.